The number of carbonyl (C=O) groups excluding carboxylic acids is 1. The van der Waals surface area contributed by atoms with E-state index < -0.39 is 41.9 Å². The zero-order valence-corrected chi connectivity index (χ0v) is 20.5. The minimum Gasteiger partial charge on any atom is -0.481 e. The highest BCUT2D eigenvalue weighted by atomic mass is 79.9. The molecule has 0 saturated carbocycles. The fraction of sp³-hybridized carbons (Fsp3) is 0.231. The van der Waals surface area contributed by atoms with E-state index in [1.807, 2.05) is 37.3 Å². The zero-order valence-electron chi connectivity index (χ0n) is 19.0. The Labute approximate surface area is 213 Å². The van der Waals surface area contributed by atoms with Crippen LogP contribution in [0.25, 0.3) is 0 Å². The maximum absolute atomic E-state index is 13.3. The van der Waals surface area contributed by atoms with Gasteiger partial charge in [0.05, 0.1) is 24.6 Å². The summed E-state index contributed by atoms with van der Waals surface area (Å²) in [6.45, 7) is 2.00. The summed E-state index contributed by atoms with van der Waals surface area (Å²) >= 11 is 3.40. The van der Waals surface area contributed by atoms with Gasteiger partial charge in [-0.1, -0.05) is 46.3 Å². The number of nitrogens with zero attached hydrogens (tertiary/aromatic N) is 1. The van der Waals surface area contributed by atoms with Crippen LogP contribution in [0.4, 0.5) is 18.0 Å². The van der Waals surface area contributed by atoms with Crippen molar-refractivity contribution in [3.63, 3.8) is 0 Å². The molecule has 1 N–H and O–H groups in total. The Balaban J connectivity index is 1.61. The number of hydrogen-bond donors (Lipinski definition) is 1. The molecule has 0 unspecified atom stereocenters. The lowest BCUT2D eigenvalue weighted by molar-refractivity contribution is -0.139. The molecule has 1 heterocycles. The van der Waals surface area contributed by atoms with E-state index in [9.17, 15) is 22.8 Å². The van der Waals surface area contributed by atoms with E-state index in [2.05, 4.69) is 15.9 Å². The van der Waals surface area contributed by atoms with Crippen LogP contribution in [-0.2, 0) is 28.7 Å². The fourth-order valence-corrected chi connectivity index (χ4v) is 4.51. The monoisotopic (exact) mass is 563 g/mol. The number of hydrogen-bond acceptors (Lipinski definition) is 4. The first kappa shape index (κ1) is 25.6. The number of carbonyl (C=O) groups is 2. The van der Waals surface area contributed by atoms with Crippen LogP contribution in [0.2, 0.25) is 0 Å². The molecule has 0 aromatic heterocycles. The number of ether oxygens (including phenoxy) is 2. The second kappa shape index (κ2) is 10.2. The molecule has 0 radical (unpaired) electrons. The van der Waals surface area contributed by atoms with Crippen LogP contribution < -0.4 is 4.74 Å². The van der Waals surface area contributed by atoms with Crippen LogP contribution in [0.1, 0.15) is 35.3 Å². The molecule has 1 aliphatic heterocycles. The van der Waals surface area contributed by atoms with Gasteiger partial charge in [-0.05, 0) is 54.4 Å². The highest BCUT2D eigenvalue weighted by molar-refractivity contribution is 9.10. The molecule has 10 heteroatoms. The summed E-state index contributed by atoms with van der Waals surface area (Å²) in [6.07, 6.45) is -6.46. The maximum Gasteiger partial charge on any atom is 0.416 e. The number of benzene rings is 3. The molecule has 0 bridgehead atoms. The van der Waals surface area contributed by atoms with Crippen LogP contribution >= 0.6 is 15.9 Å². The molecule has 1 fully saturated rings. The third kappa shape index (κ3) is 5.64. The molecular weight excluding hydrogens is 543 g/mol. The van der Waals surface area contributed by atoms with Gasteiger partial charge in [0.25, 0.3) is 0 Å². The number of amides is 1. The summed E-state index contributed by atoms with van der Waals surface area (Å²) in [5.41, 5.74) is 0.00586. The predicted molar refractivity (Wildman–Crippen MR) is 128 cm³/mol. The molecule has 36 heavy (non-hydrogen) atoms. The average molecular weight is 564 g/mol. The number of alkyl halides is 3. The topological polar surface area (TPSA) is 76.1 Å². The SMILES string of the molecule is C[C@H]1[C@@H](c2ccccc2)OC(=O)N1Cc1cc(Br)ccc1Oc1ccc(C(F)(F)F)c(CC(=O)O)c1. The number of aliphatic carboxylic acids is 1. The summed E-state index contributed by atoms with van der Waals surface area (Å²) in [6, 6.07) is 17.1. The number of cyclic esters (lactones) is 1. The van der Waals surface area contributed by atoms with E-state index in [1.54, 1.807) is 23.1 Å². The summed E-state index contributed by atoms with van der Waals surface area (Å²) < 4.78 is 52.2. The third-order valence-electron chi connectivity index (χ3n) is 5.83. The van der Waals surface area contributed by atoms with Gasteiger partial charge in [0, 0.05) is 10.0 Å². The Bertz CT molecular complexity index is 1280. The number of rotatable bonds is 7. The minimum absolute atomic E-state index is 0.0435. The second-order valence-corrected chi connectivity index (χ2v) is 9.24. The van der Waals surface area contributed by atoms with Gasteiger partial charge in [-0.25, -0.2) is 4.79 Å². The molecule has 0 spiro atoms. The van der Waals surface area contributed by atoms with E-state index in [1.165, 1.54) is 0 Å². The molecule has 188 valence electrons. The molecule has 2 atom stereocenters. The molecular formula is C26H21BrF3NO5. The van der Waals surface area contributed by atoms with Crippen LogP contribution in [0.15, 0.2) is 71.2 Å². The quantitative estimate of drug-likeness (QED) is 0.336. The lowest BCUT2D eigenvalue weighted by Crippen LogP contribution is -2.31. The number of carboxylic acids is 1. The van der Waals surface area contributed by atoms with Crippen molar-refractivity contribution < 1.29 is 37.3 Å². The highest BCUT2D eigenvalue weighted by Gasteiger charge is 2.40. The van der Waals surface area contributed by atoms with Gasteiger partial charge in [-0.15, -0.1) is 0 Å². The van der Waals surface area contributed by atoms with Gasteiger partial charge in [0.15, 0.2) is 0 Å². The minimum atomic E-state index is -4.70. The van der Waals surface area contributed by atoms with Gasteiger partial charge in [0.2, 0.25) is 0 Å². The Morgan fingerprint density at radius 1 is 1.08 bits per heavy atom. The highest BCUT2D eigenvalue weighted by Crippen LogP contribution is 2.38. The van der Waals surface area contributed by atoms with Crippen LogP contribution in [0, 0.1) is 0 Å². The lowest BCUT2D eigenvalue weighted by atomic mass is 10.0. The van der Waals surface area contributed by atoms with Crippen LogP contribution in [0.5, 0.6) is 11.5 Å². The first-order valence-corrected chi connectivity index (χ1v) is 11.7. The number of halogens is 4. The van der Waals surface area contributed by atoms with Crippen molar-refractivity contribution >= 4 is 28.0 Å². The number of carboxylic acid groups (broad SMARTS) is 1. The van der Waals surface area contributed by atoms with Crippen molar-refractivity contribution in [3.05, 3.63) is 93.5 Å². The summed E-state index contributed by atoms with van der Waals surface area (Å²) in [5.74, 6) is -1.04. The van der Waals surface area contributed by atoms with E-state index in [-0.39, 0.29) is 18.3 Å². The van der Waals surface area contributed by atoms with Gasteiger partial charge >= 0.3 is 18.2 Å². The van der Waals surface area contributed by atoms with Crippen molar-refractivity contribution in [2.45, 2.75) is 38.2 Å². The third-order valence-corrected chi connectivity index (χ3v) is 6.33. The smallest absolute Gasteiger partial charge is 0.416 e. The average Bonchev–Trinajstić information content (AvgIpc) is 3.09. The summed E-state index contributed by atoms with van der Waals surface area (Å²) in [7, 11) is 0. The molecule has 1 saturated heterocycles. The second-order valence-electron chi connectivity index (χ2n) is 8.32. The molecule has 3 aromatic carbocycles. The maximum atomic E-state index is 13.3. The summed E-state index contributed by atoms with van der Waals surface area (Å²) in [4.78, 5) is 25.4. The standard InChI is InChI=1S/C26H21BrF3NO5/c1-15-24(16-5-3-2-4-6-16)36-25(34)31(15)14-18-11-19(27)7-10-22(18)35-20-8-9-21(26(28,29)30)17(12-20)13-23(32)33/h2-12,15,24H,13-14H2,1H3,(H,32,33)/t15-,24-/m0/s1. The normalized spacial score (nSPS) is 17.7. The van der Waals surface area contributed by atoms with E-state index in [0.29, 0.717) is 15.8 Å². The largest absolute Gasteiger partial charge is 0.481 e. The van der Waals surface area contributed by atoms with Gasteiger partial charge in [-0.2, -0.15) is 13.2 Å². The predicted octanol–water partition coefficient (Wildman–Crippen LogP) is 6.97. The molecule has 1 aliphatic rings. The van der Waals surface area contributed by atoms with Gasteiger partial charge in [0.1, 0.15) is 17.6 Å². The Morgan fingerprint density at radius 2 is 1.81 bits per heavy atom. The first-order valence-electron chi connectivity index (χ1n) is 10.9. The summed E-state index contributed by atoms with van der Waals surface area (Å²) in [5, 5.41) is 9.06. The van der Waals surface area contributed by atoms with Crippen molar-refractivity contribution in [1.29, 1.82) is 0 Å². The van der Waals surface area contributed by atoms with E-state index in [4.69, 9.17) is 14.6 Å². The van der Waals surface area contributed by atoms with Crippen LogP contribution in [0.3, 0.4) is 0 Å². The van der Waals surface area contributed by atoms with Crippen molar-refractivity contribution in [3.8, 4) is 11.5 Å². The Hall–Kier alpha value is -3.53. The fourth-order valence-electron chi connectivity index (χ4n) is 4.10. The van der Waals surface area contributed by atoms with E-state index in [0.717, 1.165) is 23.8 Å². The lowest BCUT2D eigenvalue weighted by Gasteiger charge is -2.22. The molecule has 0 aliphatic carbocycles. The van der Waals surface area contributed by atoms with Gasteiger partial charge < -0.3 is 14.6 Å². The molecule has 1 amide bonds. The Kier molecular flexibility index (Phi) is 7.26. The van der Waals surface area contributed by atoms with Crippen molar-refractivity contribution in [2.24, 2.45) is 0 Å². The molecule has 6 nitrogen and oxygen atoms in total. The first-order chi connectivity index (χ1) is 17.0. The van der Waals surface area contributed by atoms with Crippen LogP contribution in [-0.4, -0.2) is 28.1 Å². The molecule has 3 aromatic rings. The zero-order chi connectivity index (χ0) is 26.0. The van der Waals surface area contributed by atoms with E-state index >= 15 is 0 Å². The van der Waals surface area contributed by atoms with Crippen molar-refractivity contribution in [1.82, 2.24) is 4.90 Å². The van der Waals surface area contributed by atoms with Gasteiger partial charge in [-0.3, -0.25) is 9.69 Å². The van der Waals surface area contributed by atoms with Crippen molar-refractivity contribution in [2.75, 3.05) is 0 Å². The molecule has 4 rings (SSSR count). The Morgan fingerprint density at radius 3 is 2.47 bits per heavy atom.